The predicted octanol–water partition coefficient (Wildman–Crippen LogP) is 2.02. The van der Waals surface area contributed by atoms with Crippen LogP contribution in [0.5, 0.6) is 0 Å². The van der Waals surface area contributed by atoms with E-state index in [0.717, 1.165) is 25.3 Å². The van der Waals surface area contributed by atoms with Crippen molar-refractivity contribution in [1.82, 2.24) is 10.2 Å². The predicted molar refractivity (Wildman–Crippen MR) is 71.3 cm³/mol. The van der Waals surface area contributed by atoms with Gasteiger partial charge in [0.2, 0.25) is 0 Å². The lowest BCUT2D eigenvalue weighted by Gasteiger charge is -2.37. The molecule has 0 spiro atoms. The van der Waals surface area contributed by atoms with Crippen LogP contribution in [0, 0.1) is 0 Å². The van der Waals surface area contributed by atoms with Gasteiger partial charge in [-0.1, -0.05) is 6.92 Å². The van der Waals surface area contributed by atoms with Crippen molar-refractivity contribution < 1.29 is 4.74 Å². The topological polar surface area (TPSA) is 24.5 Å². The van der Waals surface area contributed by atoms with Gasteiger partial charge in [0.25, 0.3) is 0 Å². The van der Waals surface area contributed by atoms with E-state index in [4.69, 9.17) is 4.74 Å². The summed E-state index contributed by atoms with van der Waals surface area (Å²) in [5, 5.41) is 3.66. The Labute approximate surface area is 106 Å². The first kappa shape index (κ1) is 13.3. The molecular weight excluding hydrogens is 212 g/mol. The van der Waals surface area contributed by atoms with Gasteiger partial charge in [-0.3, -0.25) is 4.90 Å². The summed E-state index contributed by atoms with van der Waals surface area (Å²) in [7, 11) is 2.30. The number of nitrogens with zero attached hydrogens (tertiary/aromatic N) is 1. The Morgan fingerprint density at radius 2 is 1.88 bits per heavy atom. The van der Waals surface area contributed by atoms with Gasteiger partial charge >= 0.3 is 0 Å². The molecule has 0 aromatic heterocycles. The molecule has 0 aromatic rings. The Balaban J connectivity index is 1.70. The molecule has 0 radical (unpaired) electrons. The van der Waals surface area contributed by atoms with Crippen molar-refractivity contribution in [2.75, 3.05) is 26.8 Å². The van der Waals surface area contributed by atoms with Crippen molar-refractivity contribution in [2.24, 2.45) is 0 Å². The normalized spacial score (nSPS) is 34.4. The summed E-state index contributed by atoms with van der Waals surface area (Å²) in [6.07, 6.45) is 7.89. The lowest BCUT2D eigenvalue weighted by atomic mass is 9.89. The summed E-state index contributed by atoms with van der Waals surface area (Å²) in [6, 6.07) is 2.25. The van der Waals surface area contributed by atoms with Gasteiger partial charge in [-0.25, -0.2) is 0 Å². The van der Waals surface area contributed by atoms with Gasteiger partial charge in [-0.05, 0) is 52.1 Å². The van der Waals surface area contributed by atoms with E-state index in [0.29, 0.717) is 6.04 Å². The highest BCUT2D eigenvalue weighted by molar-refractivity contribution is 4.85. The van der Waals surface area contributed by atoms with Crippen LogP contribution in [-0.2, 0) is 4.74 Å². The van der Waals surface area contributed by atoms with Crippen molar-refractivity contribution in [1.29, 1.82) is 0 Å². The fraction of sp³-hybridized carbons (Fsp3) is 1.00. The molecule has 1 saturated carbocycles. The molecule has 2 rings (SSSR count). The highest BCUT2D eigenvalue weighted by Gasteiger charge is 2.29. The Hall–Kier alpha value is -0.120. The Morgan fingerprint density at radius 3 is 2.47 bits per heavy atom. The number of hydrogen-bond donors (Lipinski definition) is 1. The average Bonchev–Trinajstić information content (AvgIpc) is 2.90. The summed E-state index contributed by atoms with van der Waals surface area (Å²) in [5.74, 6) is 0. The quantitative estimate of drug-likeness (QED) is 0.795. The van der Waals surface area contributed by atoms with Gasteiger partial charge in [0.05, 0.1) is 6.61 Å². The van der Waals surface area contributed by atoms with Gasteiger partial charge in [-0.15, -0.1) is 0 Å². The summed E-state index contributed by atoms with van der Waals surface area (Å²) < 4.78 is 5.49. The SMILES string of the molecule is CCCNC1CCC(N(C)C2CCOC2)CC1. The standard InChI is InChI=1S/C14H28N2O/c1-3-9-15-12-4-6-13(7-5-12)16(2)14-8-10-17-11-14/h12-15H,3-11H2,1-2H3. The number of ether oxygens (including phenoxy) is 1. The first-order valence-corrected chi connectivity index (χ1v) is 7.34. The Bertz CT molecular complexity index is 208. The molecule has 1 unspecified atom stereocenters. The minimum Gasteiger partial charge on any atom is -0.380 e. The van der Waals surface area contributed by atoms with E-state index in [1.807, 2.05) is 0 Å². The highest BCUT2D eigenvalue weighted by Crippen LogP contribution is 2.25. The van der Waals surface area contributed by atoms with E-state index in [9.17, 15) is 0 Å². The van der Waals surface area contributed by atoms with Gasteiger partial charge in [-0.2, -0.15) is 0 Å². The minimum atomic E-state index is 0.681. The second-order valence-electron chi connectivity index (χ2n) is 5.64. The summed E-state index contributed by atoms with van der Waals surface area (Å²) in [6.45, 7) is 5.33. The molecule has 0 aromatic carbocycles. The van der Waals surface area contributed by atoms with Gasteiger partial charge in [0.1, 0.15) is 0 Å². The van der Waals surface area contributed by atoms with Crippen LogP contribution >= 0.6 is 0 Å². The van der Waals surface area contributed by atoms with Crippen molar-refractivity contribution in [3.05, 3.63) is 0 Å². The minimum absolute atomic E-state index is 0.681. The monoisotopic (exact) mass is 240 g/mol. The zero-order valence-corrected chi connectivity index (χ0v) is 11.5. The lowest BCUT2D eigenvalue weighted by molar-refractivity contribution is 0.107. The smallest absolute Gasteiger partial charge is 0.0622 e. The molecule has 1 heterocycles. The number of hydrogen-bond acceptors (Lipinski definition) is 3. The second kappa shape index (κ2) is 6.72. The zero-order chi connectivity index (χ0) is 12.1. The van der Waals surface area contributed by atoms with Crippen molar-refractivity contribution in [3.63, 3.8) is 0 Å². The number of likely N-dealkylation sites (N-methyl/N-ethyl adjacent to an activating group) is 1. The summed E-state index contributed by atoms with van der Waals surface area (Å²) >= 11 is 0. The number of nitrogens with one attached hydrogen (secondary N) is 1. The van der Waals surface area contributed by atoms with Crippen LogP contribution < -0.4 is 5.32 Å². The molecule has 1 saturated heterocycles. The maximum atomic E-state index is 5.49. The van der Waals surface area contributed by atoms with E-state index in [-0.39, 0.29) is 0 Å². The molecule has 1 aliphatic carbocycles. The average molecular weight is 240 g/mol. The van der Waals surface area contributed by atoms with Crippen molar-refractivity contribution in [3.8, 4) is 0 Å². The second-order valence-corrected chi connectivity index (χ2v) is 5.64. The molecule has 100 valence electrons. The third-order valence-electron chi connectivity index (χ3n) is 4.44. The molecule has 3 heteroatoms. The molecule has 0 bridgehead atoms. The molecule has 0 amide bonds. The van der Waals surface area contributed by atoms with Crippen LogP contribution in [0.2, 0.25) is 0 Å². The van der Waals surface area contributed by atoms with Crippen LogP contribution in [0.15, 0.2) is 0 Å². The van der Waals surface area contributed by atoms with Gasteiger partial charge < -0.3 is 10.1 Å². The van der Waals surface area contributed by atoms with E-state index in [2.05, 4.69) is 24.2 Å². The Kier molecular flexibility index (Phi) is 5.26. The van der Waals surface area contributed by atoms with Crippen LogP contribution in [0.4, 0.5) is 0 Å². The van der Waals surface area contributed by atoms with Crippen molar-refractivity contribution >= 4 is 0 Å². The van der Waals surface area contributed by atoms with Gasteiger partial charge in [0.15, 0.2) is 0 Å². The maximum Gasteiger partial charge on any atom is 0.0622 e. The molecule has 3 nitrogen and oxygen atoms in total. The summed E-state index contributed by atoms with van der Waals surface area (Å²) in [4.78, 5) is 2.59. The maximum absolute atomic E-state index is 5.49. The zero-order valence-electron chi connectivity index (χ0n) is 11.5. The molecular formula is C14H28N2O. The fourth-order valence-electron chi connectivity index (χ4n) is 3.18. The van der Waals surface area contributed by atoms with Crippen LogP contribution in [0.1, 0.15) is 45.4 Å². The third kappa shape index (κ3) is 3.67. The molecule has 1 atom stereocenters. The molecule has 17 heavy (non-hydrogen) atoms. The van der Waals surface area contributed by atoms with Crippen LogP contribution in [0.25, 0.3) is 0 Å². The van der Waals surface area contributed by atoms with E-state index >= 15 is 0 Å². The molecule has 2 aliphatic rings. The van der Waals surface area contributed by atoms with E-state index in [1.165, 1.54) is 45.1 Å². The highest BCUT2D eigenvalue weighted by atomic mass is 16.5. The lowest BCUT2D eigenvalue weighted by Crippen LogP contribution is -2.45. The van der Waals surface area contributed by atoms with Crippen LogP contribution in [0.3, 0.4) is 0 Å². The van der Waals surface area contributed by atoms with Crippen molar-refractivity contribution in [2.45, 2.75) is 63.6 Å². The first-order valence-electron chi connectivity index (χ1n) is 7.34. The summed E-state index contributed by atoms with van der Waals surface area (Å²) in [5.41, 5.74) is 0. The van der Waals surface area contributed by atoms with Gasteiger partial charge in [0, 0.05) is 24.7 Å². The van der Waals surface area contributed by atoms with Crippen LogP contribution in [-0.4, -0.2) is 49.8 Å². The third-order valence-corrected chi connectivity index (χ3v) is 4.44. The first-order chi connectivity index (χ1) is 8.31. The molecule has 1 aliphatic heterocycles. The number of rotatable bonds is 5. The Morgan fingerprint density at radius 1 is 1.12 bits per heavy atom. The van der Waals surface area contributed by atoms with E-state index in [1.54, 1.807) is 0 Å². The fourth-order valence-corrected chi connectivity index (χ4v) is 3.18. The van der Waals surface area contributed by atoms with E-state index < -0.39 is 0 Å². The molecule has 2 fully saturated rings. The largest absolute Gasteiger partial charge is 0.380 e. The molecule has 1 N–H and O–H groups in total.